The van der Waals surface area contributed by atoms with Crippen LogP contribution in [0.25, 0.3) is 0 Å². The Morgan fingerprint density at radius 1 is 0.964 bits per heavy atom. The molecular formula is C23H39N5. The summed E-state index contributed by atoms with van der Waals surface area (Å²) in [4.78, 5) is 17.8. The molecule has 0 aliphatic carbocycles. The predicted octanol–water partition coefficient (Wildman–Crippen LogP) is 3.91. The van der Waals surface area contributed by atoms with Gasteiger partial charge >= 0.3 is 0 Å². The normalized spacial score (nSPS) is 27.3. The van der Waals surface area contributed by atoms with E-state index in [0.717, 1.165) is 5.82 Å². The fourth-order valence-electron chi connectivity index (χ4n) is 5.53. The Balaban J connectivity index is 1.40. The van der Waals surface area contributed by atoms with Crippen LogP contribution < -0.4 is 4.90 Å². The lowest BCUT2D eigenvalue weighted by atomic mass is 9.91. The number of anilines is 1. The molecule has 3 fully saturated rings. The zero-order chi connectivity index (χ0) is 19.3. The molecule has 0 saturated carbocycles. The summed E-state index contributed by atoms with van der Waals surface area (Å²) in [7, 11) is 0. The van der Waals surface area contributed by atoms with Crippen LogP contribution in [0.2, 0.25) is 0 Å². The van der Waals surface area contributed by atoms with Crippen molar-refractivity contribution in [3.63, 3.8) is 0 Å². The maximum Gasteiger partial charge on any atom is 0.133 e. The van der Waals surface area contributed by atoms with E-state index in [1.165, 1.54) is 96.5 Å². The van der Waals surface area contributed by atoms with Crippen LogP contribution in [0.1, 0.15) is 77.0 Å². The van der Waals surface area contributed by atoms with Crippen LogP contribution in [-0.4, -0.2) is 71.1 Å². The molecule has 5 heteroatoms. The first kappa shape index (κ1) is 20.1. The summed E-state index contributed by atoms with van der Waals surface area (Å²) in [6.07, 6.45) is 12.5. The summed E-state index contributed by atoms with van der Waals surface area (Å²) in [5.74, 6) is 2.83. The van der Waals surface area contributed by atoms with Crippen LogP contribution in [0.5, 0.6) is 0 Å². The monoisotopic (exact) mass is 385 g/mol. The lowest BCUT2D eigenvalue weighted by Gasteiger charge is -2.50. The number of piperazine rings is 1. The van der Waals surface area contributed by atoms with Crippen molar-refractivity contribution in [2.24, 2.45) is 0 Å². The minimum atomic E-state index is 0.541. The third-order valence-electron chi connectivity index (χ3n) is 7.20. The van der Waals surface area contributed by atoms with Gasteiger partial charge < -0.3 is 9.80 Å². The molecule has 28 heavy (non-hydrogen) atoms. The first-order chi connectivity index (χ1) is 13.8. The summed E-state index contributed by atoms with van der Waals surface area (Å²) in [6.45, 7) is 11.8. The Labute approximate surface area is 171 Å². The van der Waals surface area contributed by atoms with Gasteiger partial charge in [0.1, 0.15) is 11.6 Å². The van der Waals surface area contributed by atoms with Crippen molar-refractivity contribution in [1.29, 1.82) is 0 Å². The van der Waals surface area contributed by atoms with Crippen molar-refractivity contribution < 1.29 is 0 Å². The van der Waals surface area contributed by atoms with Gasteiger partial charge in [0.25, 0.3) is 0 Å². The van der Waals surface area contributed by atoms with E-state index in [1.807, 2.05) is 6.20 Å². The molecule has 0 spiro atoms. The summed E-state index contributed by atoms with van der Waals surface area (Å²) in [6, 6.07) is 3.43. The molecular weight excluding hydrogens is 346 g/mol. The molecule has 3 aliphatic heterocycles. The smallest absolute Gasteiger partial charge is 0.133 e. The number of fused-ring (bicyclic) bond motifs is 2. The third kappa shape index (κ3) is 4.51. The van der Waals surface area contributed by atoms with E-state index in [-0.39, 0.29) is 0 Å². The second-order valence-corrected chi connectivity index (χ2v) is 9.09. The van der Waals surface area contributed by atoms with Crippen molar-refractivity contribution in [2.75, 3.05) is 44.2 Å². The minimum absolute atomic E-state index is 0.541. The van der Waals surface area contributed by atoms with Crippen molar-refractivity contribution >= 4 is 5.82 Å². The van der Waals surface area contributed by atoms with E-state index < -0.39 is 0 Å². The molecule has 3 aliphatic rings. The SMILES string of the molecule is CCCCCN1CCC(c2nccc(N3C4CCCC3CN(CC)C4)n2)CC1. The maximum absolute atomic E-state index is 5.13. The summed E-state index contributed by atoms with van der Waals surface area (Å²) in [5, 5.41) is 0. The summed E-state index contributed by atoms with van der Waals surface area (Å²) in [5.41, 5.74) is 0. The zero-order valence-electron chi connectivity index (χ0n) is 18.0. The molecule has 0 amide bonds. The maximum atomic E-state index is 5.13. The largest absolute Gasteiger partial charge is 0.348 e. The van der Waals surface area contributed by atoms with E-state index in [1.54, 1.807) is 0 Å². The van der Waals surface area contributed by atoms with Gasteiger partial charge in [-0.25, -0.2) is 9.97 Å². The number of rotatable bonds is 7. The fraction of sp³-hybridized carbons (Fsp3) is 0.826. The molecule has 3 saturated heterocycles. The van der Waals surface area contributed by atoms with Gasteiger partial charge in [0.05, 0.1) is 0 Å². The minimum Gasteiger partial charge on any atom is -0.348 e. The predicted molar refractivity (Wildman–Crippen MR) is 116 cm³/mol. The molecule has 0 N–H and O–H groups in total. The molecule has 156 valence electrons. The highest BCUT2D eigenvalue weighted by Crippen LogP contribution is 2.33. The van der Waals surface area contributed by atoms with E-state index in [0.29, 0.717) is 18.0 Å². The topological polar surface area (TPSA) is 35.5 Å². The molecule has 2 unspecified atom stereocenters. The number of likely N-dealkylation sites (tertiary alicyclic amines) is 2. The molecule has 2 atom stereocenters. The molecule has 0 aromatic carbocycles. The van der Waals surface area contributed by atoms with Gasteiger partial charge in [0, 0.05) is 37.3 Å². The van der Waals surface area contributed by atoms with Crippen LogP contribution in [0.15, 0.2) is 12.3 Å². The van der Waals surface area contributed by atoms with Gasteiger partial charge in [-0.05, 0) is 70.8 Å². The van der Waals surface area contributed by atoms with Gasteiger partial charge in [0.2, 0.25) is 0 Å². The van der Waals surface area contributed by atoms with Gasteiger partial charge in [0.15, 0.2) is 0 Å². The Kier molecular flexibility index (Phi) is 6.84. The van der Waals surface area contributed by atoms with Gasteiger partial charge in [-0.3, -0.25) is 4.90 Å². The van der Waals surface area contributed by atoms with Gasteiger partial charge in [-0.2, -0.15) is 0 Å². The Hall–Kier alpha value is -1.20. The van der Waals surface area contributed by atoms with Crippen LogP contribution in [0.3, 0.4) is 0 Å². The highest BCUT2D eigenvalue weighted by molar-refractivity contribution is 5.43. The highest BCUT2D eigenvalue weighted by Gasteiger charge is 2.37. The van der Waals surface area contributed by atoms with Crippen LogP contribution in [0.4, 0.5) is 5.82 Å². The number of piperidine rings is 2. The number of likely N-dealkylation sites (N-methyl/N-ethyl adjacent to an activating group) is 1. The average Bonchev–Trinajstić information content (AvgIpc) is 2.73. The van der Waals surface area contributed by atoms with E-state index in [2.05, 4.69) is 34.6 Å². The quantitative estimate of drug-likeness (QED) is 0.665. The number of unbranched alkanes of at least 4 members (excludes halogenated alkanes) is 2. The van der Waals surface area contributed by atoms with Crippen LogP contribution in [-0.2, 0) is 0 Å². The summed E-state index contributed by atoms with van der Waals surface area (Å²) >= 11 is 0. The lowest BCUT2D eigenvalue weighted by molar-refractivity contribution is 0.161. The van der Waals surface area contributed by atoms with Gasteiger partial charge in [-0.1, -0.05) is 26.7 Å². The first-order valence-corrected chi connectivity index (χ1v) is 11.8. The molecule has 4 rings (SSSR count). The lowest BCUT2D eigenvalue weighted by Crippen LogP contribution is -2.61. The Morgan fingerprint density at radius 3 is 2.39 bits per heavy atom. The van der Waals surface area contributed by atoms with Crippen molar-refractivity contribution in [1.82, 2.24) is 19.8 Å². The first-order valence-electron chi connectivity index (χ1n) is 11.8. The molecule has 0 radical (unpaired) electrons. The third-order valence-corrected chi connectivity index (χ3v) is 7.20. The van der Waals surface area contributed by atoms with Gasteiger partial charge in [-0.15, -0.1) is 0 Å². The fourth-order valence-corrected chi connectivity index (χ4v) is 5.53. The second kappa shape index (κ2) is 9.53. The molecule has 2 bridgehead atoms. The van der Waals surface area contributed by atoms with Crippen molar-refractivity contribution in [2.45, 2.75) is 83.2 Å². The van der Waals surface area contributed by atoms with E-state index in [9.17, 15) is 0 Å². The number of hydrogen-bond donors (Lipinski definition) is 0. The highest BCUT2D eigenvalue weighted by atomic mass is 15.3. The van der Waals surface area contributed by atoms with Crippen LogP contribution in [0, 0.1) is 0 Å². The van der Waals surface area contributed by atoms with Crippen molar-refractivity contribution in [3.8, 4) is 0 Å². The second-order valence-electron chi connectivity index (χ2n) is 9.09. The molecule has 4 heterocycles. The molecule has 5 nitrogen and oxygen atoms in total. The zero-order valence-corrected chi connectivity index (χ0v) is 18.0. The number of hydrogen-bond acceptors (Lipinski definition) is 5. The van der Waals surface area contributed by atoms with Crippen LogP contribution >= 0.6 is 0 Å². The summed E-state index contributed by atoms with van der Waals surface area (Å²) < 4.78 is 0. The molecule has 1 aromatic rings. The van der Waals surface area contributed by atoms with E-state index in [4.69, 9.17) is 9.97 Å². The van der Waals surface area contributed by atoms with Crippen molar-refractivity contribution in [3.05, 3.63) is 18.1 Å². The average molecular weight is 386 g/mol. The molecule has 1 aromatic heterocycles. The Morgan fingerprint density at radius 2 is 1.71 bits per heavy atom. The number of aromatic nitrogens is 2. The standard InChI is InChI=1S/C23H39N5/c1-3-5-6-14-27-15-11-19(12-16-27)23-24-13-10-22(25-23)28-20-8-7-9-21(28)18-26(4-2)17-20/h10,13,19-21H,3-9,11-12,14-18H2,1-2H3. The van der Waals surface area contributed by atoms with E-state index >= 15 is 0 Å². The Bertz CT molecular complexity index is 599. The number of nitrogens with zero attached hydrogens (tertiary/aromatic N) is 5.